The number of benzene rings is 1. The predicted octanol–water partition coefficient (Wildman–Crippen LogP) is 2.70. The Balaban J connectivity index is 2.59. The van der Waals surface area contributed by atoms with Crippen molar-refractivity contribution in [3.63, 3.8) is 0 Å². The summed E-state index contributed by atoms with van der Waals surface area (Å²) in [5, 5.41) is 9.58. The number of hydrogen-bond donors (Lipinski definition) is 1. The van der Waals surface area contributed by atoms with Crippen LogP contribution < -0.4 is 4.74 Å². The Hall–Kier alpha value is -0.960. The van der Waals surface area contributed by atoms with Crippen LogP contribution in [0.4, 0.5) is 0 Å². The summed E-state index contributed by atoms with van der Waals surface area (Å²) in [7, 11) is 0. The van der Waals surface area contributed by atoms with Gasteiger partial charge in [-0.2, -0.15) is 0 Å². The second-order valence-electron chi connectivity index (χ2n) is 2.54. The van der Waals surface area contributed by atoms with E-state index in [2.05, 4.69) is 15.9 Å². The molecule has 2 rings (SSSR count). The molecule has 0 amide bonds. The zero-order chi connectivity index (χ0) is 8.55. The highest BCUT2D eigenvalue weighted by Crippen LogP contribution is 2.32. The fraction of sp³-hybridized carbons (Fsp3) is 0.111. The van der Waals surface area contributed by atoms with Crippen LogP contribution in [0.5, 0.6) is 5.75 Å². The fourth-order valence-corrected chi connectivity index (χ4v) is 1.47. The molecule has 0 atom stereocenters. The van der Waals surface area contributed by atoms with Crippen molar-refractivity contribution in [1.29, 1.82) is 0 Å². The molecule has 1 aliphatic rings. The summed E-state index contributed by atoms with van der Waals surface area (Å²) in [5.41, 5.74) is 0.746. The van der Waals surface area contributed by atoms with Crippen molar-refractivity contribution in [1.82, 2.24) is 0 Å². The third-order valence-electron chi connectivity index (χ3n) is 1.75. The van der Waals surface area contributed by atoms with Crippen molar-refractivity contribution in [2.75, 3.05) is 6.61 Å². The molecule has 0 unspecified atom stereocenters. The van der Waals surface area contributed by atoms with E-state index in [4.69, 9.17) is 4.74 Å². The molecule has 1 aliphatic heterocycles. The van der Waals surface area contributed by atoms with Gasteiger partial charge in [0.15, 0.2) is 0 Å². The van der Waals surface area contributed by atoms with E-state index in [0.717, 1.165) is 11.3 Å². The number of aliphatic hydroxyl groups is 1. The van der Waals surface area contributed by atoms with Gasteiger partial charge in [-0.05, 0) is 28.1 Å². The first kappa shape index (κ1) is 7.68. The maximum atomic E-state index is 9.58. The van der Waals surface area contributed by atoms with Crippen LogP contribution in [0.2, 0.25) is 0 Å². The predicted molar refractivity (Wildman–Crippen MR) is 50.4 cm³/mol. The van der Waals surface area contributed by atoms with Crippen LogP contribution in [0.15, 0.2) is 28.7 Å². The molecular weight excluding hydrogens is 220 g/mol. The highest BCUT2D eigenvalue weighted by molar-refractivity contribution is 9.11. The average molecular weight is 227 g/mol. The smallest absolute Gasteiger partial charge is 0.140 e. The minimum Gasteiger partial charge on any atom is -0.506 e. The van der Waals surface area contributed by atoms with Gasteiger partial charge in [0.1, 0.15) is 18.1 Å². The summed E-state index contributed by atoms with van der Waals surface area (Å²) in [6.07, 6.45) is 0. The molecular formula is C9H7BrO2. The van der Waals surface area contributed by atoms with E-state index >= 15 is 0 Å². The van der Waals surface area contributed by atoms with Gasteiger partial charge >= 0.3 is 0 Å². The molecule has 62 valence electrons. The molecule has 0 spiro atoms. The Morgan fingerprint density at radius 2 is 2.08 bits per heavy atom. The molecule has 1 aromatic carbocycles. The molecule has 12 heavy (non-hydrogen) atoms. The first-order valence-electron chi connectivity index (χ1n) is 3.59. The summed E-state index contributed by atoms with van der Waals surface area (Å²) < 4.78 is 6.04. The zero-order valence-corrected chi connectivity index (χ0v) is 7.84. The summed E-state index contributed by atoms with van der Waals surface area (Å²) >= 11 is 3.23. The third-order valence-corrected chi connectivity index (χ3v) is 2.36. The maximum absolute atomic E-state index is 9.58. The Labute approximate surface area is 78.6 Å². The van der Waals surface area contributed by atoms with Crippen molar-refractivity contribution in [2.24, 2.45) is 0 Å². The Morgan fingerprint density at radius 1 is 1.33 bits per heavy atom. The molecule has 0 aromatic heterocycles. The van der Waals surface area contributed by atoms with Gasteiger partial charge in [0.25, 0.3) is 0 Å². The van der Waals surface area contributed by atoms with E-state index in [9.17, 15) is 5.11 Å². The molecule has 0 fully saturated rings. The van der Waals surface area contributed by atoms with Crippen LogP contribution in [0, 0.1) is 0 Å². The standard InChI is InChI=1S/C9H7BrO2/c10-7-5-12-8-4-2-1-3-6(8)9(7)11/h1-4,11H,5H2. The van der Waals surface area contributed by atoms with E-state index in [1.165, 1.54) is 0 Å². The largest absolute Gasteiger partial charge is 0.506 e. The van der Waals surface area contributed by atoms with E-state index in [0.29, 0.717) is 11.1 Å². The Morgan fingerprint density at radius 3 is 2.92 bits per heavy atom. The van der Waals surface area contributed by atoms with Gasteiger partial charge in [0.2, 0.25) is 0 Å². The summed E-state index contributed by atoms with van der Waals surface area (Å²) in [6.45, 7) is 0.406. The van der Waals surface area contributed by atoms with Crippen LogP contribution in [-0.2, 0) is 0 Å². The molecule has 2 nitrogen and oxygen atoms in total. The van der Waals surface area contributed by atoms with Crippen LogP contribution in [0.3, 0.4) is 0 Å². The van der Waals surface area contributed by atoms with E-state index in [1.807, 2.05) is 24.3 Å². The van der Waals surface area contributed by atoms with Gasteiger partial charge in [0, 0.05) is 0 Å². The van der Waals surface area contributed by atoms with Gasteiger partial charge in [-0.3, -0.25) is 0 Å². The van der Waals surface area contributed by atoms with Gasteiger partial charge in [-0.25, -0.2) is 0 Å². The van der Waals surface area contributed by atoms with Gasteiger partial charge < -0.3 is 9.84 Å². The van der Waals surface area contributed by atoms with Crippen molar-refractivity contribution in [3.8, 4) is 5.75 Å². The van der Waals surface area contributed by atoms with Crippen molar-refractivity contribution < 1.29 is 9.84 Å². The third kappa shape index (κ3) is 1.10. The number of hydrogen-bond acceptors (Lipinski definition) is 2. The number of aliphatic hydroxyl groups excluding tert-OH is 1. The fourth-order valence-electron chi connectivity index (χ4n) is 1.14. The molecule has 1 aromatic rings. The second kappa shape index (κ2) is 2.83. The molecule has 1 heterocycles. The summed E-state index contributed by atoms with van der Waals surface area (Å²) in [6, 6.07) is 7.41. The minimum atomic E-state index is 0.275. The first-order valence-corrected chi connectivity index (χ1v) is 4.38. The molecule has 0 aliphatic carbocycles. The highest BCUT2D eigenvalue weighted by atomic mass is 79.9. The lowest BCUT2D eigenvalue weighted by molar-refractivity contribution is 0.343. The maximum Gasteiger partial charge on any atom is 0.140 e. The zero-order valence-electron chi connectivity index (χ0n) is 6.25. The quantitative estimate of drug-likeness (QED) is 0.738. The van der Waals surface area contributed by atoms with Gasteiger partial charge in [-0.1, -0.05) is 12.1 Å². The van der Waals surface area contributed by atoms with Crippen LogP contribution in [0.25, 0.3) is 5.76 Å². The lowest BCUT2D eigenvalue weighted by atomic mass is 10.1. The van der Waals surface area contributed by atoms with Gasteiger partial charge in [-0.15, -0.1) is 0 Å². The van der Waals surface area contributed by atoms with Crippen LogP contribution in [0.1, 0.15) is 5.56 Å². The summed E-state index contributed by atoms with van der Waals surface area (Å²) in [5.74, 6) is 1.01. The average Bonchev–Trinajstić information content (AvgIpc) is 2.12. The SMILES string of the molecule is OC1=C(Br)COc2ccccc21. The number of halogens is 1. The van der Waals surface area contributed by atoms with Crippen LogP contribution in [-0.4, -0.2) is 11.7 Å². The molecule has 0 bridgehead atoms. The first-order chi connectivity index (χ1) is 5.79. The van der Waals surface area contributed by atoms with Crippen molar-refractivity contribution >= 4 is 21.7 Å². The Bertz CT molecular complexity index is 344. The molecule has 0 radical (unpaired) electrons. The minimum absolute atomic E-state index is 0.275. The molecule has 0 saturated carbocycles. The van der Waals surface area contributed by atoms with E-state index in [1.54, 1.807) is 0 Å². The number of ether oxygens (including phenoxy) is 1. The van der Waals surface area contributed by atoms with E-state index in [-0.39, 0.29) is 5.76 Å². The second-order valence-corrected chi connectivity index (χ2v) is 3.50. The topological polar surface area (TPSA) is 29.5 Å². The summed E-state index contributed by atoms with van der Waals surface area (Å²) in [4.78, 5) is 0. The molecule has 3 heteroatoms. The normalized spacial score (nSPS) is 15.4. The number of para-hydroxylation sites is 1. The van der Waals surface area contributed by atoms with Crippen molar-refractivity contribution in [2.45, 2.75) is 0 Å². The molecule has 0 saturated heterocycles. The highest BCUT2D eigenvalue weighted by Gasteiger charge is 2.16. The Kier molecular flexibility index (Phi) is 1.81. The van der Waals surface area contributed by atoms with Gasteiger partial charge in [0.05, 0.1) is 10.0 Å². The monoisotopic (exact) mass is 226 g/mol. The van der Waals surface area contributed by atoms with Crippen LogP contribution >= 0.6 is 15.9 Å². The lowest BCUT2D eigenvalue weighted by Gasteiger charge is -2.16. The number of rotatable bonds is 0. The van der Waals surface area contributed by atoms with Crippen molar-refractivity contribution in [3.05, 3.63) is 34.3 Å². The number of fused-ring (bicyclic) bond motifs is 1. The van der Waals surface area contributed by atoms with E-state index < -0.39 is 0 Å². The molecule has 1 N–H and O–H groups in total. The lowest BCUT2D eigenvalue weighted by Crippen LogP contribution is -2.07.